The summed E-state index contributed by atoms with van der Waals surface area (Å²) in [6.45, 7) is 0. The van der Waals surface area contributed by atoms with E-state index in [9.17, 15) is 14.9 Å². The normalized spacial score (nSPS) is 15.5. The number of benzene rings is 3. The van der Waals surface area contributed by atoms with E-state index in [0.29, 0.717) is 33.2 Å². The van der Waals surface area contributed by atoms with Crippen LogP contribution in [0.25, 0.3) is 0 Å². The minimum absolute atomic E-state index is 0.0865. The molecule has 0 saturated heterocycles. The Hall–Kier alpha value is -3.23. The number of anilines is 2. The van der Waals surface area contributed by atoms with E-state index in [1.807, 2.05) is 30.3 Å². The van der Waals surface area contributed by atoms with Gasteiger partial charge >= 0.3 is 0 Å². The summed E-state index contributed by atoms with van der Waals surface area (Å²) in [5.74, 6) is -0.396. The Labute approximate surface area is 185 Å². The first-order valence-corrected chi connectivity index (χ1v) is 10.0. The molecule has 150 valence electrons. The molecule has 1 heterocycles. The molecule has 1 aliphatic rings. The highest BCUT2D eigenvalue weighted by molar-refractivity contribution is 9.10. The number of carbonyl (C=O) groups excluding carboxylic acids is 1. The summed E-state index contributed by atoms with van der Waals surface area (Å²) in [6.07, 6.45) is -1.02. The van der Waals surface area contributed by atoms with E-state index in [1.54, 1.807) is 24.3 Å². The Morgan fingerprint density at radius 2 is 1.87 bits per heavy atom. The number of nitro benzene ring substituents is 1. The molecule has 9 heteroatoms. The number of benzodiazepines with no additional fused rings is 1. The Bertz CT molecular complexity index is 1200. The van der Waals surface area contributed by atoms with E-state index in [0.717, 1.165) is 4.47 Å². The van der Waals surface area contributed by atoms with E-state index in [1.165, 1.54) is 12.1 Å². The van der Waals surface area contributed by atoms with Gasteiger partial charge in [-0.25, -0.2) is 4.99 Å². The maximum absolute atomic E-state index is 12.9. The summed E-state index contributed by atoms with van der Waals surface area (Å²) < 4.78 is 0.820. The van der Waals surface area contributed by atoms with Crippen molar-refractivity contribution in [1.82, 2.24) is 0 Å². The van der Waals surface area contributed by atoms with Crippen molar-refractivity contribution in [2.24, 2.45) is 4.99 Å². The Morgan fingerprint density at radius 1 is 1.07 bits per heavy atom. The average Bonchev–Trinajstić information content (AvgIpc) is 2.85. The SMILES string of the molecule is O=C1Nc2ccc(Br)cc2C(c2ccccc2Cl)=NC1Nc1cccc([N+](=O)[O-])c1. The lowest BCUT2D eigenvalue weighted by molar-refractivity contribution is -0.384. The van der Waals surface area contributed by atoms with Gasteiger partial charge in [-0.15, -0.1) is 0 Å². The van der Waals surface area contributed by atoms with Gasteiger partial charge in [0.25, 0.3) is 11.6 Å². The van der Waals surface area contributed by atoms with Gasteiger partial charge < -0.3 is 10.6 Å². The molecule has 0 aliphatic carbocycles. The highest BCUT2D eigenvalue weighted by atomic mass is 79.9. The molecule has 2 N–H and O–H groups in total. The number of non-ortho nitro benzene ring substituents is 1. The summed E-state index contributed by atoms with van der Waals surface area (Å²) in [5.41, 5.74) is 2.80. The lowest BCUT2D eigenvalue weighted by Crippen LogP contribution is -2.32. The number of nitrogens with one attached hydrogen (secondary N) is 2. The third kappa shape index (κ3) is 4.05. The molecule has 30 heavy (non-hydrogen) atoms. The summed E-state index contributed by atoms with van der Waals surface area (Å²) in [7, 11) is 0. The summed E-state index contributed by atoms with van der Waals surface area (Å²) in [6, 6.07) is 18.6. The van der Waals surface area contributed by atoms with Gasteiger partial charge in [-0.2, -0.15) is 0 Å². The van der Waals surface area contributed by atoms with Crippen LogP contribution in [-0.2, 0) is 4.79 Å². The van der Waals surface area contributed by atoms with Crippen molar-refractivity contribution in [3.05, 3.63) is 97.5 Å². The van der Waals surface area contributed by atoms with Gasteiger partial charge in [-0.05, 0) is 30.3 Å². The van der Waals surface area contributed by atoms with Crippen LogP contribution in [0.5, 0.6) is 0 Å². The second kappa shape index (κ2) is 8.25. The number of nitro groups is 1. The van der Waals surface area contributed by atoms with Gasteiger partial charge in [0.1, 0.15) is 0 Å². The molecule has 1 unspecified atom stereocenters. The first kappa shape index (κ1) is 20.1. The van der Waals surface area contributed by atoms with Gasteiger partial charge in [-0.1, -0.05) is 51.8 Å². The average molecular weight is 486 g/mol. The van der Waals surface area contributed by atoms with Crippen molar-refractivity contribution in [3.63, 3.8) is 0 Å². The number of nitrogens with zero attached hydrogens (tertiary/aromatic N) is 2. The van der Waals surface area contributed by atoms with E-state index in [2.05, 4.69) is 31.6 Å². The molecule has 0 fully saturated rings. The molecule has 0 aromatic heterocycles. The fourth-order valence-corrected chi connectivity index (χ4v) is 3.70. The number of halogens is 2. The predicted octanol–water partition coefficient (Wildman–Crippen LogP) is 5.24. The highest BCUT2D eigenvalue weighted by Gasteiger charge is 2.27. The van der Waals surface area contributed by atoms with Crippen molar-refractivity contribution in [2.45, 2.75) is 6.17 Å². The van der Waals surface area contributed by atoms with Gasteiger partial charge in [0, 0.05) is 38.4 Å². The van der Waals surface area contributed by atoms with Crippen LogP contribution in [0.2, 0.25) is 5.02 Å². The zero-order valence-electron chi connectivity index (χ0n) is 15.3. The molecule has 0 saturated carbocycles. The zero-order valence-corrected chi connectivity index (χ0v) is 17.6. The molecule has 0 bridgehead atoms. The van der Waals surface area contributed by atoms with Crippen LogP contribution >= 0.6 is 27.5 Å². The van der Waals surface area contributed by atoms with Crippen LogP contribution < -0.4 is 10.6 Å². The van der Waals surface area contributed by atoms with Crippen molar-refractivity contribution in [2.75, 3.05) is 10.6 Å². The number of hydrogen-bond acceptors (Lipinski definition) is 5. The van der Waals surface area contributed by atoms with E-state index < -0.39 is 17.0 Å². The Balaban J connectivity index is 1.82. The van der Waals surface area contributed by atoms with E-state index >= 15 is 0 Å². The summed E-state index contributed by atoms with van der Waals surface area (Å²) in [4.78, 5) is 28.1. The minimum atomic E-state index is -1.02. The highest BCUT2D eigenvalue weighted by Crippen LogP contribution is 2.30. The Morgan fingerprint density at radius 3 is 2.63 bits per heavy atom. The van der Waals surface area contributed by atoms with Crippen LogP contribution in [0.3, 0.4) is 0 Å². The first-order chi connectivity index (χ1) is 14.4. The standard InChI is InChI=1S/C21H14BrClN4O3/c22-12-8-9-18-16(10-12)19(15-6-1-2-7-17(15)23)26-20(21(28)25-18)24-13-4-3-5-14(11-13)27(29)30/h1-11,20,24H,(H,25,28). The van der Waals surface area contributed by atoms with Gasteiger partial charge in [0.15, 0.2) is 6.17 Å². The molecule has 1 atom stereocenters. The summed E-state index contributed by atoms with van der Waals surface area (Å²) >= 11 is 9.88. The minimum Gasteiger partial charge on any atom is -0.356 e. The number of aliphatic imine (C=N–C) groups is 1. The number of rotatable bonds is 4. The maximum atomic E-state index is 12.9. The molecule has 0 radical (unpaired) electrons. The van der Waals surface area contributed by atoms with Crippen LogP contribution in [-0.4, -0.2) is 22.7 Å². The smallest absolute Gasteiger partial charge is 0.271 e. The van der Waals surface area contributed by atoms with E-state index in [-0.39, 0.29) is 5.69 Å². The predicted molar refractivity (Wildman–Crippen MR) is 120 cm³/mol. The molecular formula is C21H14BrClN4O3. The summed E-state index contributed by atoms with van der Waals surface area (Å²) in [5, 5.41) is 17.4. The maximum Gasteiger partial charge on any atom is 0.271 e. The topological polar surface area (TPSA) is 96.6 Å². The fourth-order valence-electron chi connectivity index (χ4n) is 3.11. The quantitative estimate of drug-likeness (QED) is 0.390. The zero-order chi connectivity index (χ0) is 21.3. The number of hydrogen-bond donors (Lipinski definition) is 2. The number of amides is 1. The molecule has 7 nitrogen and oxygen atoms in total. The van der Waals surface area contributed by atoms with Crippen molar-refractivity contribution < 1.29 is 9.72 Å². The molecule has 1 aliphatic heterocycles. The first-order valence-electron chi connectivity index (χ1n) is 8.87. The molecule has 3 aromatic carbocycles. The van der Waals surface area contributed by atoms with Crippen LogP contribution in [0.4, 0.5) is 17.1 Å². The van der Waals surface area contributed by atoms with Crippen molar-refractivity contribution in [1.29, 1.82) is 0 Å². The fraction of sp³-hybridized carbons (Fsp3) is 0.0476. The Kier molecular flexibility index (Phi) is 5.52. The monoisotopic (exact) mass is 484 g/mol. The lowest BCUT2D eigenvalue weighted by Gasteiger charge is -2.14. The lowest BCUT2D eigenvalue weighted by atomic mass is 10.0. The number of carbonyl (C=O) groups is 1. The van der Waals surface area contributed by atoms with Crippen LogP contribution in [0, 0.1) is 10.1 Å². The van der Waals surface area contributed by atoms with Crippen molar-refractivity contribution >= 4 is 56.2 Å². The van der Waals surface area contributed by atoms with Crippen LogP contribution in [0.1, 0.15) is 11.1 Å². The molecule has 3 aromatic rings. The van der Waals surface area contributed by atoms with E-state index in [4.69, 9.17) is 11.6 Å². The van der Waals surface area contributed by atoms with Crippen molar-refractivity contribution in [3.8, 4) is 0 Å². The molecule has 0 spiro atoms. The largest absolute Gasteiger partial charge is 0.356 e. The van der Waals surface area contributed by atoms with Gasteiger partial charge in [-0.3, -0.25) is 14.9 Å². The third-order valence-electron chi connectivity index (χ3n) is 4.49. The molecular weight excluding hydrogens is 472 g/mol. The molecule has 4 rings (SSSR count). The molecule has 1 amide bonds. The van der Waals surface area contributed by atoms with Gasteiger partial charge in [0.2, 0.25) is 0 Å². The second-order valence-electron chi connectivity index (χ2n) is 6.49. The van der Waals surface area contributed by atoms with Crippen LogP contribution in [0.15, 0.2) is 76.2 Å². The van der Waals surface area contributed by atoms with Gasteiger partial charge in [0.05, 0.1) is 16.3 Å². The number of fused-ring (bicyclic) bond motifs is 1. The second-order valence-corrected chi connectivity index (χ2v) is 7.81. The third-order valence-corrected chi connectivity index (χ3v) is 5.31.